The lowest BCUT2D eigenvalue weighted by molar-refractivity contribution is -0.128. The Hall–Kier alpha value is -2.05. The summed E-state index contributed by atoms with van der Waals surface area (Å²) in [6.45, 7) is 3.41. The summed E-state index contributed by atoms with van der Waals surface area (Å²) in [4.78, 5) is 21.2. The lowest BCUT2D eigenvalue weighted by Gasteiger charge is -2.21. The molecule has 27 heavy (non-hydrogen) atoms. The van der Waals surface area contributed by atoms with Crippen LogP contribution in [-0.4, -0.2) is 42.2 Å². The van der Waals surface area contributed by atoms with E-state index in [9.17, 15) is 4.79 Å². The second-order valence-corrected chi connectivity index (χ2v) is 8.64. The van der Waals surface area contributed by atoms with Gasteiger partial charge >= 0.3 is 0 Å². The Kier molecular flexibility index (Phi) is 6.74. The molecule has 0 saturated carbocycles. The number of benzene rings is 2. The first-order chi connectivity index (χ1) is 13.1. The summed E-state index contributed by atoms with van der Waals surface area (Å²) in [5.41, 5.74) is 3.37. The van der Waals surface area contributed by atoms with Crippen molar-refractivity contribution in [3.63, 3.8) is 0 Å². The van der Waals surface area contributed by atoms with Crippen LogP contribution >= 0.6 is 23.1 Å². The van der Waals surface area contributed by atoms with Crippen molar-refractivity contribution in [1.29, 1.82) is 0 Å². The number of thioether (sulfide) groups is 1. The van der Waals surface area contributed by atoms with Crippen molar-refractivity contribution in [3.8, 4) is 0 Å². The van der Waals surface area contributed by atoms with Crippen LogP contribution in [0.25, 0.3) is 10.2 Å². The molecule has 0 N–H and O–H groups in total. The number of nitrogens with zero attached hydrogens (tertiary/aromatic N) is 3. The van der Waals surface area contributed by atoms with Crippen molar-refractivity contribution in [3.05, 3.63) is 59.1 Å². The van der Waals surface area contributed by atoms with E-state index >= 15 is 0 Å². The van der Waals surface area contributed by atoms with E-state index in [-0.39, 0.29) is 5.91 Å². The first kappa shape index (κ1) is 19.7. The SMILES string of the molecule is CCN(Cc1ccc(N(C)C)cc1)C(=O)CSCc1nc2ccccc2s1. The molecule has 0 unspecified atom stereocenters. The third-order valence-electron chi connectivity index (χ3n) is 4.35. The number of rotatable bonds is 8. The molecule has 142 valence electrons. The van der Waals surface area contributed by atoms with Crippen molar-refractivity contribution < 1.29 is 4.79 Å². The van der Waals surface area contributed by atoms with Gasteiger partial charge in [0.05, 0.1) is 16.0 Å². The van der Waals surface area contributed by atoms with Crippen LogP contribution in [0.2, 0.25) is 0 Å². The van der Waals surface area contributed by atoms with Gasteiger partial charge in [-0.15, -0.1) is 23.1 Å². The highest BCUT2D eigenvalue weighted by Crippen LogP contribution is 2.25. The molecule has 0 saturated heterocycles. The van der Waals surface area contributed by atoms with Crippen LogP contribution < -0.4 is 4.90 Å². The first-order valence-electron chi connectivity index (χ1n) is 9.03. The largest absolute Gasteiger partial charge is 0.378 e. The Morgan fingerprint density at radius 1 is 1.11 bits per heavy atom. The van der Waals surface area contributed by atoms with E-state index in [1.165, 1.54) is 10.4 Å². The molecule has 0 spiro atoms. The van der Waals surface area contributed by atoms with Gasteiger partial charge in [0.1, 0.15) is 5.01 Å². The zero-order valence-electron chi connectivity index (χ0n) is 16.0. The van der Waals surface area contributed by atoms with Crippen LogP contribution in [0.3, 0.4) is 0 Å². The maximum Gasteiger partial charge on any atom is 0.232 e. The molecule has 2 aromatic carbocycles. The second-order valence-electron chi connectivity index (χ2n) is 6.54. The molecule has 0 radical (unpaired) electrons. The highest BCUT2D eigenvalue weighted by atomic mass is 32.2. The molecule has 1 amide bonds. The molecule has 0 atom stereocenters. The monoisotopic (exact) mass is 399 g/mol. The lowest BCUT2D eigenvalue weighted by atomic mass is 10.2. The number of para-hydroxylation sites is 1. The van der Waals surface area contributed by atoms with Crippen molar-refractivity contribution in [1.82, 2.24) is 9.88 Å². The third kappa shape index (κ3) is 5.23. The van der Waals surface area contributed by atoms with E-state index in [1.807, 2.05) is 44.1 Å². The smallest absolute Gasteiger partial charge is 0.232 e. The predicted molar refractivity (Wildman–Crippen MR) is 118 cm³/mol. The van der Waals surface area contributed by atoms with Gasteiger partial charge in [-0.25, -0.2) is 4.98 Å². The molecule has 0 bridgehead atoms. The molecule has 3 aromatic rings. The van der Waals surface area contributed by atoms with E-state index in [0.29, 0.717) is 12.3 Å². The van der Waals surface area contributed by atoms with E-state index in [4.69, 9.17) is 0 Å². The number of thiazole rings is 1. The van der Waals surface area contributed by atoms with Gasteiger partial charge in [0, 0.05) is 38.6 Å². The van der Waals surface area contributed by atoms with E-state index in [1.54, 1.807) is 23.1 Å². The van der Waals surface area contributed by atoms with Crippen LogP contribution in [0.1, 0.15) is 17.5 Å². The van der Waals surface area contributed by atoms with Crippen LogP contribution in [0.4, 0.5) is 5.69 Å². The Morgan fingerprint density at radius 3 is 2.52 bits per heavy atom. The van der Waals surface area contributed by atoms with Crippen LogP contribution in [-0.2, 0) is 17.1 Å². The Labute approximate surface area is 169 Å². The molecule has 0 aliphatic rings. The average molecular weight is 400 g/mol. The summed E-state index contributed by atoms with van der Waals surface area (Å²) in [7, 11) is 4.05. The van der Waals surface area contributed by atoms with Gasteiger partial charge in [0.2, 0.25) is 5.91 Å². The summed E-state index contributed by atoms with van der Waals surface area (Å²) < 4.78 is 1.20. The van der Waals surface area contributed by atoms with Crippen molar-refractivity contribution >= 4 is 44.9 Å². The number of hydrogen-bond donors (Lipinski definition) is 0. The summed E-state index contributed by atoms with van der Waals surface area (Å²) >= 11 is 3.35. The van der Waals surface area contributed by atoms with E-state index < -0.39 is 0 Å². The van der Waals surface area contributed by atoms with Gasteiger partial charge in [-0.05, 0) is 36.8 Å². The number of amides is 1. The maximum atomic E-state index is 12.6. The van der Waals surface area contributed by atoms with Crippen molar-refractivity contribution in [2.45, 2.75) is 19.2 Å². The van der Waals surface area contributed by atoms with Gasteiger partial charge in [-0.2, -0.15) is 0 Å². The zero-order valence-corrected chi connectivity index (χ0v) is 17.6. The highest BCUT2D eigenvalue weighted by molar-refractivity contribution is 7.99. The zero-order chi connectivity index (χ0) is 19.2. The molecule has 1 heterocycles. The molecule has 1 aromatic heterocycles. The van der Waals surface area contributed by atoms with Gasteiger partial charge in [0.15, 0.2) is 0 Å². The molecular formula is C21H25N3OS2. The topological polar surface area (TPSA) is 36.4 Å². The highest BCUT2D eigenvalue weighted by Gasteiger charge is 2.13. The van der Waals surface area contributed by atoms with Crippen LogP contribution in [0, 0.1) is 0 Å². The molecule has 0 aliphatic heterocycles. The molecule has 0 aliphatic carbocycles. The quantitative estimate of drug-likeness (QED) is 0.553. The fourth-order valence-corrected chi connectivity index (χ4v) is 4.74. The molecule has 3 rings (SSSR count). The van der Waals surface area contributed by atoms with Crippen LogP contribution in [0.15, 0.2) is 48.5 Å². The second kappa shape index (κ2) is 9.24. The molecule has 0 fully saturated rings. The number of aromatic nitrogens is 1. The molecule has 4 nitrogen and oxygen atoms in total. The van der Waals surface area contributed by atoms with E-state index in [0.717, 1.165) is 28.4 Å². The summed E-state index contributed by atoms with van der Waals surface area (Å²) in [6.07, 6.45) is 0. The summed E-state index contributed by atoms with van der Waals surface area (Å²) in [5, 5.41) is 1.08. The van der Waals surface area contributed by atoms with Gasteiger partial charge in [-0.3, -0.25) is 4.79 Å². The first-order valence-corrected chi connectivity index (χ1v) is 11.0. The fourth-order valence-electron chi connectivity index (χ4n) is 2.79. The van der Waals surface area contributed by atoms with E-state index in [2.05, 4.69) is 40.2 Å². The Morgan fingerprint density at radius 2 is 1.85 bits per heavy atom. The number of carbonyl (C=O) groups is 1. The van der Waals surface area contributed by atoms with Crippen LogP contribution in [0.5, 0.6) is 0 Å². The number of hydrogen-bond acceptors (Lipinski definition) is 5. The fraction of sp³-hybridized carbons (Fsp3) is 0.333. The summed E-state index contributed by atoms with van der Waals surface area (Å²) in [6, 6.07) is 16.5. The third-order valence-corrected chi connectivity index (χ3v) is 6.50. The Bertz CT molecular complexity index is 857. The lowest BCUT2D eigenvalue weighted by Crippen LogP contribution is -2.31. The standard InChI is InChI=1S/C21H25N3OS2/c1-4-24(13-16-9-11-17(12-10-16)23(2)3)21(25)15-26-14-20-22-18-7-5-6-8-19(18)27-20/h5-12H,4,13-15H2,1-3H3. The van der Waals surface area contributed by atoms with Crippen molar-refractivity contribution in [2.24, 2.45) is 0 Å². The molecule has 6 heteroatoms. The van der Waals surface area contributed by atoms with Gasteiger partial charge in [0.25, 0.3) is 0 Å². The normalized spacial score (nSPS) is 10.9. The number of anilines is 1. The summed E-state index contributed by atoms with van der Waals surface area (Å²) in [5.74, 6) is 1.44. The Balaban J connectivity index is 1.52. The minimum Gasteiger partial charge on any atom is -0.378 e. The van der Waals surface area contributed by atoms with Gasteiger partial charge < -0.3 is 9.80 Å². The minimum absolute atomic E-state index is 0.181. The minimum atomic E-state index is 0.181. The van der Waals surface area contributed by atoms with Crippen molar-refractivity contribution in [2.75, 3.05) is 31.3 Å². The number of fused-ring (bicyclic) bond motifs is 1. The maximum absolute atomic E-state index is 12.6. The number of carbonyl (C=O) groups excluding carboxylic acids is 1. The predicted octanol–water partition coefficient (Wildman–Crippen LogP) is 4.64. The van der Waals surface area contributed by atoms with Gasteiger partial charge in [-0.1, -0.05) is 24.3 Å². The molecular weight excluding hydrogens is 374 g/mol. The average Bonchev–Trinajstić information content (AvgIpc) is 3.09.